The number of aromatic nitrogens is 1. The van der Waals surface area contributed by atoms with Crippen molar-refractivity contribution in [2.75, 3.05) is 38.0 Å². The van der Waals surface area contributed by atoms with Gasteiger partial charge in [0.2, 0.25) is 0 Å². The van der Waals surface area contributed by atoms with Crippen LogP contribution >= 0.6 is 0 Å². The Morgan fingerprint density at radius 2 is 1.72 bits per heavy atom. The molecule has 29 heavy (non-hydrogen) atoms. The lowest BCUT2D eigenvalue weighted by atomic mass is 10.2. The Hall–Kier alpha value is -3.74. The minimum absolute atomic E-state index is 0.241. The zero-order chi connectivity index (χ0) is 20.5. The van der Waals surface area contributed by atoms with Crippen molar-refractivity contribution in [2.45, 2.75) is 0 Å². The van der Waals surface area contributed by atoms with Crippen LogP contribution < -0.4 is 24.8 Å². The lowest BCUT2D eigenvalue weighted by Crippen LogP contribution is -2.15. The Labute approximate surface area is 169 Å². The molecule has 0 aliphatic heterocycles. The number of carbonyl (C=O) groups is 1. The standard InChI is InChI=1S/C22H23N3O4/c1-27-17-7-9-18(10-8-17)29-14-13-24-21-15-16(11-12-23-21)22(26)25-19-5-3-4-6-20(19)28-2/h3-12,15H,13-14H2,1-2H3,(H,23,24)(H,25,26). The topological polar surface area (TPSA) is 81.7 Å². The summed E-state index contributed by atoms with van der Waals surface area (Å²) in [6.45, 7) is 0.988. The first kappa shape index (κ1) is 20.0. The number of rotatable bonds is 9. The molecule has 2 aromatic carbocycles. The molecular weight excluding hydrogens is 370 g/mol. The van der Waals surface area contributed by atoms with Crippen LogP contribution in [0.1, 0.15) is 10.4 Å². The van der Waals surface area contributed by atoms with E-state index in [1.807, 2.05) is 36.4 Å². The van der Waals surface area contributed by atoms with Crippen molar-refractivity contribution in [2.24, 2.45) is 0 Å². The molecule has 0 unspecified atom stereocenters. The van der Waals surface area contributed by atoms with Gasteiger partial charge < -0.3 is 24.8 Å². The Bertz CT molecular complexity index is 945. The molecule has 1 amide bonds. The van der Waals surface area contributed by atoms with E-state index in [1.54, 1.807) is 44.7 Å². The zero-order valence-electron chi connectivity index (χ0n) is 16.3. The monoisotopic (exact) mass is 393 g/mol. The molecule has 0 atom stereocenters. The normalized spacial score (nSPS) is 10.1. The number of anilines is 2. The predicted octanol–water partition coefficient (Wildman–Crippen LogP) is 3.84. The summed E-state index contributed by atoms with van der Waals surface area (Å²) in [6, 6.07) is 18.0. The van der Waals surface area contributed by atoms with Crippen molar-refractivity contribution >= 4 is 17.4 Å². The maximum atomic E-state index is 12.5. The van der Waals surface area contributed by atoms with E-state index >= 15 is 0 Å². The first-order chi connectivity index (χ1) is 14.2. The van der Waals surface area contributed by atoms with Gasteiger partial charge in [-0.1, -0.05) is 12.1 Å². The molecule has 2 N–H and O–H groups in total. The number of methoxy groups -OCH3 is 2. The number of ether oxygens (including phenoxy) is 3. The molecule has 0 aliphatic rings. The lowest BCUT2D eigenvalue weighted by Gasteiger charge is -2.11. The van der Waals surface area contributed by atoms with Gasteiger partial charge >= 0.3 is 0 Å². The van der Waals surface area contributed by atoms with Crippen molar-refractivity contribution < 1.29 is 19.0 Å². The second kappa shape index (κ2) is 9.98. The number of hydrogen-bond acceptors (Lipinski definition) is 6. The molecule has 3 rings (SSSR count). The van der Waals surface area contributed by atoms with Gasteiger partial charge in [0.15, 0.2) is 0 Å². The van der Waals surface area contributed by atoms with Crippen LogP contribution in [-0.2, 0) is 0 Å². The molecule has 3 aromatic rings. The first-order valence-corrected chi connectivity index (χ1v) is 9.11. The van der Waals surface area contributed by atoms with Crippen LogP contribution in [0.15, 0.2) is 66.9 Å². The Balaban J connectivity index is 1.52. The minimum atomic E-state index is -0.241. The second-order valence-corrected chi connectivity index (χ2v) is 6.03. The van der Waals surface area contributed by atoms with Crippen molar-refractivity contribution in [3.05, 3.63) is 72.4 Å². The van der Waals surface area contributed by atoms with Gasteiger partial charge in [0.05, 0.1) is 26.5 Å². The van der Waals surface area contributed by atoms with Gasteiger partial charge in [-0.05, 0) is 48.5 Å². The molecule has 0 fully saturated rings. The molecule has 1 aromatic heterocycles. The third-order valence-electron chi connectivity index (χ3n) is 4.11. The smallest absolute Gasteiger partial charge is 0.255 e. The molecule has 0 bridgehead atoms. The van der Waals surface area contributed by atoms with Crippen LogP contribution in [0.4, 0.5) is 11.5 Å². The summed E-state index contributed by atoms with van der Waals surface area (Å²) in [5.41, 5.74) is 1.10. The number of pyridine rings is 1. The highest BCUT2D eigenvalue weighted by atomic mass is 16.5. The summed E-state index contributed by atoms with van der Waals surface area (Å²) in [7, 11) is 3.19. The van der Waals surface area contributed by atoms with Gasteiger partial charge in [0.25, 0.3) is 5.91 Å². The third kappa shape index (κ3) is 5.62. The number of benzene rings is 2. The fourth-order valence-corrected chi connectivity index (χ4v) is 2.63. The van der Waals surface area contributed by atoms with E-state index < -0.39 is 0 Å². The van der Waals surface area contributed by atoms with Gasteiger partial charge in [-0.15, -0.1) is 0 Å². The average molecular weight is 393 g/mol. The SMILES string of the molecule is COc1ccc(OCCNc2cc(C(=O)Nc3ccccc3OC)ccn2)cc1. The third-order valence-corrected chi connectivity index (χ3v) is 4.11. The number of hydrogen-bond donors (Lipinski definition) is 2. The van der Waals surface area contributed by atoms with Gasteiger partial charge in [-0.3, -0.25) is 4.79 Å². The highest BCUT2D eigenvalue weighted by Crippen LogP contribution is 2.24. The van der Waals surface area contributed by atoms with Crippen molar-refractivity contribution in [1.29, 1.82) is 0 Å². The van der Waals surface area contributed by atoms with Crippen LogP contribution in [0, 0.1) is 0 Å². The Morgan fingerprint density at radius 1 is 0.966 bits per heavy atom. The summed E-state index contributed by atoms with van der Waals surface area (Å²) in [4.78, 5) is 16.8. The highest BCUT2D eigenvalue weighted by molar-refractivity contribution is 6.05. The molecule has 7 heteroatoms. The number of amides is 1. The largest absolute Gasteiger partial charge is 0.497 e. The van der Waals surface area contributed by atoms with E-state index in [0.29, 0.717) is 36.0 Å². The molecule has 7 nitrogen and oxygen atoms in total. The zero-order valence-corrected chi connectivity index (χ0v) is 16.3. The molecule has 0 radical (unpaired) electrons. The van der Waals surface area contributed by atoms with Crippen molar-refractivity contribution in [3.8, 4) is 17.2 Å². The fourth-order valence-electron chi connectivity index (χ4n) is 2.63. The number of carbonyl (C=O) groups excluding carboxylic acids is 1. The van der Waals surface area contributed by atoms with E-state index in [2.05, 4.69) is 15.6 Å². The van der Waals surface area contributed by atoms with Gasteiger partial charge in [0.1, 0.15) is 29.7 Å². The number of para-hydroxylation sites is 2. The summed E-state index contributed by atoms with van der Waals surface area (Å²) in [6.07, 6.45) is 1.59. The molecule has 0 saturated carbocycles. The van der Waals surface area contributed by atoms with Crippen LogP contribution in [-0.4, -0.2) is 38.3 Å². The van der Waals surface area contributed by atoms with Gasteiger partial charge in [-0.2, -0.15) is 0 Å². The van der Waals surface area contributed by atoms with Crippen LogP contribution in [0.5, 0.6) is 17.2 Å². The molecule has 1 heterocycles. The minimum Gasteiger partial charge on any atom is -0.497 e. The van der Waals surface area contributed by atoms with E-state index in [0.717, 1.165) is 11.5 Å². The fraction of sp³-hybridized carbons (Fsp3) is 0.182. The lowest BCUT2D eigenvalue weighted by molar-refractivity contribution is 0.102. The molecule has 0 saturated heterocycles. The molecule has 0 spiro atoms. The van der Waals surface area contributed by atoms with Gasteiger partial charge in [0, 0.05) is 11.8 Å². The average Bonchev–Trinajstić information content (AvgIpc) is 2.77. The van der Waals surface area contributed by atoms with E-state index in [-0.39, 0.29) is 5.91 Å². The Morgan fingerprint density at radius 3 is 2.48 bits per heavy atom. The van der Waals surface area contributed by atoms with E-state index in [9.17, 15) is 4.79 Å². The second-order valence-electron chi connectivity index (χ2n) is 6.03. The molecule has 150 valence electrons. The summed E-state index contributed by atoms with van der Waals surface area (Å²) < 4.78 is 16.0. The predicted molar refractivity (Wildman–Crippen MR) is 112 cm³/mol. The number of nitrogens with one attached hydrogen (secondary N) is 2. The maximum Gasteiger partial charge on any atom is 0.255 e. The van der Waals surface area contributed by atoms with Crippen LogP contribution in [0.2, 0.25) is 0 Å². The van der Waals surface area contributed by atoms with Crippen molar-refractivity contribution in [3.63, 3.8) is 0 Å². The highest BCUT2D eigenvalue weighted by Gasteiger charge is 2.10. The van der Waals surface area contributed by atoms with E-state index in [1.165, 1.54) is 0 Å². The van der Waals surface area contributed by atoms with Crippen molar-refractivity contribution in [1.82, 2.24) is 4.98 Å². The maximum absolute atomic E-state index is 12.5. The quantitative estimate of drug-likeness (QED) is 0.538. The van der Waals surface area contributed by atoms with Crippen LogP contribution in [0.25, 0.3) is 0 Å². The van der Waals surface area contributed by atoms with Gasteiger partial charge in [-0.25, -0.2) is 4.98 Å². The van der Waals surface area contributed by atoms with Crippen LogP contribution in [0.3, 0.4) is 0 Å². The summed E-state index contributed by atoms with van der Waals surface area (Å²) in [5.74, 6) is 2.49. The molecule has 0 aliphatic carbocycles. The summed E-state index contributed by atoms with van der Waals surface area (Å²) in [5, 5.41) is 6.00. The summed E-state index contributed by atoms with van der Waals surface area (Å²) >= 11 is 0. The Kier molecular flexibility index (Phi) is 6.89. The first-order valence-electron chi connectivity index (χ1n) is 9.11. The van der Waals surface area contributed by atoms with E-state index in [4.69, 9.17) is 14.2 Å². The molecular formula is C22H23N3O4. The number of nitrogens with zero attached hydrogens (tertiary/aromatic N) is 1.